The standard InChI is InChI=1S/C6H15N13/c1-10-12-2-11-3(7)16-17-4(8)13-5-14-6(15-9)19-18-5/h10,12H,2,9H2,1H3,(H2,7,11)(H4,8,13,14,15,18,19). The predicted molar refractivity (Wildman–Crippen MR) is 69.0 cm³/mol. The van der Waals surface area contributed by atoms with E-state index in [1.165, 1.54) is 0 Å². The number of nitrogens with zero attached hydrogens (tertiary/aromatic N) is 6. The van der Waals surface area contributed by atoms with Gasteiger partial charge in [0, 0.05) is 0 Å². The summed E-state index contributed by atoms with van der Waals surface area (Å²) in [5, 5.41) is 13.2. The van der Waals surface area contributed by atoms with E-state index in [2.05, 4.69) is 51.7 Å². The monoisotopic (exact) mass is 269 g/mol. The summed E-state index contributed by atoms with van der Waals surface area (Å²) < 4.78 is 0. The Balaban J connectivity index is 2.57. The first kappa shape index (κ1) is 14.4. The first-order valence-electron chi connectivity index (χ1n) is 5.00. The van der Waals surface area contributed by atoms with Crippen molar-refractivity contribution in [3.63, 3.8) is 0 Å². The summed E-state index contributed by atoms with van der Waals surface area (Å²) in [6.07, 6.45) is 0. The number of H-pyrrole nitrogens is 1. The molecule has 0 atom stereocenters. The molecule has 0 amide bonds. The van der Waals surface area contributed by atoms with Crippen LogP contribution in [0.4, 0.5) is 11.9 Å². The van der Waals surface area contributed by atoms with E-state index in [0.29, 0.717) is 0 Å². The van der Waals surface area contributed by atoms with Gasteiger partial charge in [0.05, 0.1) is 0 Å². The number of nitrogens with one attached hydrogen (secondary N) is 4. The second-order valence-electron chi connectivity index (χ2n) is 2.90. The van der Waals surface area contributed by atoms with Gasteiger partial charge in [0.25, 0.3) is 5.95 Å². The first-order chi connectivity index (χ1) is 9.15. The van der Waals surface area contributed by atoms with Crippen LogP contribution in [0.1, 0.15) is 0 Å². The summed E-state index contributed by atoms with van der Waals surface area (Å²) in [5.41, 5.74) is 18.5. The minimum atomic E-state index is -0.178. The predicted octanol–water partition coefficient (Wildman–Crippen LogP) is -2.52. The summed E-state index contributed by atoms with van der Waals surface area (Å²) in [6, 6.07) is 0. The normalized spacial score (nSPS) is 13.2. The quantitative estimate of drug-likeness (QED) is 0.0756. The molecule has 1 aromatic heterocycles. The molecule has 0 aromatic carbocycles. The molecule has 1 aromatic rings. The molecule has 0 aliphatic rings. The second-order valence-corrected chi connectivity index (χ2v) is 2.90. The summed E-state index contributed by atoms with van der Waals surface area (Å²) in [4.78, 5) is 11.3. The minimum Gasteiger partial charge on any atom is -0.367 e. The number of aromatic amines is 1. The molecule has 1 rings (SSSR count). The highest BCUT2D eigenvalue weighted by Gasteiger charge is 2.00. The highest BCUT2D eigenvalue weighted by Crippen LogP contribution is 2.05. The maximum atomic E-state index is 5.47. The fourth-order valence-electron chi connectivity index (χ4n) is 0.826. The molecule has 10 N–H and O–H groups in total. The van der Waals surface area contributed by atoms with Gasteiger partial charge in [-0.25, -0.2) is 21.4 Å². The number of rotatable bonds is 5. The highest BCUT2D eigenvalue weighted by molar-refractivity contribution is 5.84. The van der Waals surface area contributed by atoms with Crippen LogP contribution in [0.15, 0.2) is 20.2 Å². The number of anilines is 1. The van der Waals surface area contributed by atoms with Crippen molar-refractivity contribution in [2.45, 2.75) is 0 Å². The Morgan fingerprint density at radius 3 is 2.68 bits per heavy atom. The van der Waals surface area contributed by atoms with Gasteiger partial charge in [-0.2, -0.15) is 9.98 Å². The maximum Gasteiger partial charge on any atom is 0.273 e. The Morgan fingerprint density at radius 1 is 1.32 bits per heavy atom. The summed E-state index contributed by atoms with van der Waals surface area (Å²) in [6.45, 7) is 0.241. The van der Waals surface area contributed by atoms with Crippen molar-refractivity contribution in [2.75, 3.05) is 19.1 Å². The average molecular weight is 269 g/mol. The lowest BCUT2D eigenvalue weighted by molar-refractivity contribution is 0.611. The van der Waals surface area contributed by atoms with Gasteiger partial charge in [-0.05, 0) is 7.05 Å². The van der Waals surface area contributed by atoms with Crippen molar-refractivity contribution in [1.29, 1.82) is 0 Å². The lowest BCUT2D eigenvalue weighted by Gasteiger charge is -1.95. The fourth-order valence-corrected chi connectivity index (χ4v) is 0.826. The summed E-state index contributed by atoms with van der Waals surface area (Å²) in [7, 11) is 1.69. The lowest BCUT2D eigenvalue weighted by Crippen LogP contribution is -2.28. The zero-order valence-corrected chi connectivity index (χ0v) is 10.1. The first-order valence-corrected chi connectivity index (χ1v) is 5.00. The van der Waals surface area contributed by atoms with E-state index in [1.54, 1.807) is 7.05 Å². The van der Waals surface area contributed by atoms with Crippen molar-refractivity contribution in [3.8, 4) is 0 Å². The van der Waals surface area contributed by atoms with Crippen molar-refractivity contribution >= 4 is 23.8 Å². The van der Waals surface area contributed by atoms with Crippen molar-refractivity contribution in [1.82, 2.24) is 26.0 Å². The van der Waals surface area contributed by atoms with Gasteiger partial charge in [-0.3, -0.25) is 10.9 Å². The van der Waals surface area contributed by atoms with E-state index in [-0.39, 0.29) is 30.5 Å². The molecule has 19 heavy (non-hydrogen) atoms. The molecule has 0 aliphatic heterocycles. The number of guanidine groups is 2. The van der Waals surface area contributed by atoms with E-state index >= 15 is 0 Å². The van der Waals surface area contributed by atoms with Gasteiger partial charge in [0.15, 0.2) is 0 Å². The van der Waals surface area contributed by atoms with Crippen molar-refractivity contribution in [3.05, 3.63) is 0 Å². The van der Waals surface area contributed by atoms with Crippen LogP contribution in [-0.4, -0.2) is 40.8 Å². The van der Waals surface area contributed by atoms with Crippen LogP contribution in [0, 0.1) is 0 Å². The third-order valence-corrected chi connectivity index (χ3v) is 1.58. The van der Waals surface area contributed by atoms with Gasteiger partial charge in [-0.1, -0.05) is 0 Å². The highest BCUT2D eigenvalue weighted by atomic mass is 15.4. The Hall–Kier alpha value is -2.64. The molecule has 1 heterocycles. The lowest BCUT2D eigenvalue weighted by atomic mass is 10.9. The van der Waals surface area contributed by atoms with Crippen LogP contribution in [0.3, 0.4) is 0 Å². The molecular weight excluding hydrogens is 254 g/mol. The number of aliphatic imine (C=N–C) groups is 2. The number of nitrogens with two attached hydrogens (primary N) is 3. The SMILES string of the molecule is CNNCN=C(N)N=NC(N)=Nc1n[nH]c(NN)n1. The van der Waals surface area contributed by atoms with Crippen molar-refractivity contribution < 1.29 is 0 Å². The van der Waals surface area contributed by atoms with E-state index in [4.69, 9.17) is 17.3 Å². The van der Waals surface area contributed by atoms with Crippen LogP contribution in [-0.2, 0) is 0 Å². The van der Waals surface area contributed by atoms with E-state index in [9.17, 15) is 0 Å². The number of nitrogen functional groups attached to an aromatic ring is 1. The molecule has 0 bridgehead atoms. The maximum absolute atomic E-state index is 5.47. The van der Waals surface area contributed by atoms with Crippen LogP contribution in [0.2, 0.25) is 0 Å². The Kier molecular flexibility index (Phi) is 5.80. The molecule has 0 unspecified atom stereocenters. The molecule has 13 nitrogen and oxygen atoms in total. The third kappa shape index (κ3) is 5.48. The molecule has 104 valence electrons. The number of hydrogen-bond acceptors (Lipinski definition) is 8. The van der Waals surface area contributed by atoms with E-state index in [1.807, 2.05) is 0 Å². The van der Waals surface area contributed by atoms with Gasteiger partial charge >= 0.3 is 0 Å². The summed E-state index contributed by atoms with van der Waals surface area (Å²) >= 11 is 0. The molecule has 0 saturated carbocycles. The number of hydrazine groups is 2. The molecule has 0 saturated heterocycles. The summed E-state index contributed by atoms with van der Waals surface area (Å²) in [5.74, 6) is 5.16. The Morgan fingerprint density at radius 2 is 2.05 bits per heavy atom. The Bertz CT molecular complexity index is 469. The van der Waals surface area contributed by atoms with Crippen LogP contribution < -0.4 is 33.6 Å². The molecule has 0 radical (unpaired) electrons. The Labute approximate surface area is 107 Å². The number of hydrogen-bond donors (Lipinski definition) is 7. The fraction of sp³-hybridized carbons (Fsp3) is 0.333. The third-order valence-electron chi connectivity index (χ3n) is 1.58. The van der Waals surface area contributed by atoms with Crippen molar-refractivity contribution in [2.24, 2.45) is 37.5 Å². The smallest absolute Gasteiger partial charge is 0.273 e. The minimum absolute atomic E-state index is 0.0526. The molecule has 0 spiro atoms. The topological polar surface area (TPSA) is 205 Å². The number of aromatic nitrogens is 3. The number of azo groups is 1. The van der Waals surface area contributed by atoms with Gasteiger partial charge in [-0.15, -0.1) is 15.3 Å². The largest absolute Gasteiger partial charge is 0.367 e. The van der Waals surface area contributed by atoms with Gasteiger partial charge in [0.2, 0.25) is 17.9 Å². The zero-order chi connectivity index (χ0) is 14.1. The van der Waals surface area contributed by atoms with E-state index < -0.39 is 0 Å². The van der Waals surface area contributed by atoms with Crippen LogP contribution in [0.5, 0.6) is 0 Å². The van der Waals surface area contributed by atoms with Gasteiger partial charge < -0.3 is 11.5 Å². The zero-order valence-electron chi connectivity index (χ0n) is 10.1. The molecule has 13 heteroatoms. The van der Waals surface area contributed by atoms with Crippen LogP contribution >= 0.6 is 0 Å². The molecule has 0 fully saturated rings. The molecule has 0 aliphatic carbocycles. The van der Waals surface area contributed by atoms with E-state index in [0.717, 1.165) is 0 Å². The molecular formula is C6H15N13. The average Bonchev–Trinajstić information content (AvgIpc) is 2.84. The van der Waals surface area contributed by atoms with Crippen LogP contribution in [0.25, 0.3) is 0 Å². The van der Waals surface area contributed by atoms with Gasteiger partial charge in [0.1, 0.15) is 6.67 Å². The second kappa shape index (κ2) is 7.64.